The second-order valence-electron chi connectivity index (χ2n) is 5.17. The number of oxazole rings is 1. The molecule has 1 aromatic heterocycles. The molecule has 1 heterocycles. The Bertz CT molecular complexity index is 737. The zero-order valence-electron chi connectivity index (χ0n) is 11.9. The van der Waals surface area contributed by atoms with E-state index in [9.17, 15) is 9.59 Å². The van der Waals surface area contributed by atoms with E-state index in [0.717, 1.165) is 18.4 Å². The Morgan fingerprint density at radius 3 is 2.82 bits per heavy atom. The van der Waals surface area contributed by atoms with Gasteiger partial charge in [-0.1, -0.05) is 17.7 Å². The molecule has 1 aliphatic rings. The summed E-state index contributed by atoms with van der Waals surface area (Å²) in [5.74, 6) is -0.515. The van der Waals surface area contributed by atoms with Crippen LogP contribution >= 0.6 is 11.6 Å². The molecule has 7 heteroatoms. The van der Waals surface area contributed by atoms with E-state index in [-0.39, 0.29) is 23.5 Å². The van der Waals surface area contributed by atoms with E-state index < -0.39 is 5.91 Å². The van der Waals surface area contributed by atoms with Gasteiger partial charge in [-0.3, -0.25) is 14.9 Å². The number of hydrogen-bond acceptors (Lipinski definition) is 4. The zero-order chi connectivity index (χ0) is 15.7. The van der Waals surface area contributed by atoms with Crippen LogP contribution in [0.15, 0.2) is 28.9 Å². The summed E-state index contributed by atoms with van der Waals surface area (Å²) in [6, 6.07) is 5.27. The van der Waals surface area contributed by atoms with E-state index in [1.165, 1.54) is 6.26 Å². The predicted molar refractivity (Wildman–Crippen MR) is 82.0 cm³/mol. The van der Waals surface area contributed by atoms with Crippen LogP contribution in [-0.2, 0) is 4.79 Å². The molecular formula is C15H14ClN3O3. The van der Waals surface area contributed by atoms with Crippen LogP contribution in [0.5, 0.6) is 0 Å². The lowest BCUT2D eigenvalue weighted by Crippen LogP contribution is -2.15. The Labute approximate surface area is 131 Å². The van der Waals surface area contributed by atoms with Crippen molar-refractivity contribution in [2.45, 2.75) is 19.8 Å². The average molecular weight is 320 g/mol. The second-order valence-corrected chi connectivity index (χ2v) is 5.58. The topological polar surface area (TPSA) is 84.2 Å². The number of hydrogen-bond donors (Lipinski definition) is 2. The van der Waals surface area contributed by atoms with Crippen LogP contribution in [0.2, 0.25) is 5.02 Å². The molecule has 0 unspecified atom stereocenters. The van der Waals surface area contributed by atoms with Gasteiger partial charge in [0.05, 0.1) is 0 Å². The fourth-order valence-corrected chi connectivity index (χ4v) is 2.09. The average Bonchev–Trinajstić information content (AvgIpc) is 3.24. The molecule has 3 rings (SSSR count). The van der Waals surface area contributed by atoms with E-state index in [2.05, 4.69) is 15.6 Å². The van der Waals surface area contributed by atoms with Crippen LogP contribution in [0.3, 0.4) is 0 Å². The molecule has 1 fully saturated rings. The number of nitrogens with zero attached hydrogens (tertiary/aromatic N) is 1. The summed E-state index contributed by atoms with van der Waals surface area (Å²) in [7, 11) is 0. The minimum absolute atomic E-state index is 0.0323. The molecule has 0 atom stereocenters. The molecule has 0 bridgehead atoms. The van der Waals surface area contributed by atoms with Crippen LogP contribution in [0.1, 0.15) is 28.9 Å². The number of benzene rings is 1. The van der Waals surface area contributed by atoms with Gasteiger partial charge in [0, 0.05) is 16.6 Å². The van der Waals surface area contributed by atoms with Crippen molar-refractivity contribution >= 4 is 35.1 Å². The first-order chi connectivity index (χ1) is 10.5. The monoisotopic (exact) mass is 319 g/mol. The van der Waals surface area contributed by atoms with E-state index in [1.807, 2.05) is 6.92 Å². The molecule has 1 aromatic carbocycles. The lowest BCUT2D eigenvalue weighted by atomic mass is 10.2. The van der Waals surface area contributed by atoms with Crippen molar-refractivity contribution < 1.29 is 14.0 Å². The number of halogens is 1. The highest BCUT2D eigenvalue weighted by Crippen LogP contribution is 2.30. The van der Waals surface area contributed by atoms with Gasteiger partial charge in [-0.25, -0.2) is 0 Å². The summed E-state index contributed by atoms with van der Waals surface area (Å²) in [6.45, 7) is 1.81. The molecule has 1 aliphatic carbocycles. The number of anilines is 2. The second kappa shape index (κ2) is 5.81. The number of aromatic nitrogens is 1. The highest BCUT2D eigenvalue weighted by atomic mass is 35.5. The fraction of sp³-hybridized carbons (Fsp3) is 0.267. The number of rotatable bonds is 4. The van der Waals surface area contributed by atoms with Crippen molar-refractivity contribution in [2.24, 2.45) is 5.92 Å². The first kappa shape index (κ1) is 14.6. The van der Waals surface area contributed by atoms with Gasteiger partial charge in [0.25, 0.3) is 5.91 Å². The lowest BCUT2D eigenvalue weighted by molar-refractivity contribution is -0.117. The van der Waals surface area contributed by atoms with Gasteiger partial charge in [-0.15, -0.1) is 0 Å². The molecule has 2 aromatic rings. The molecule has 2 N–H and O–H groups in total. The quantitative estimate of drug-likeness (QED) is 0.906. The lowest BCUT2D eigenvalue weighted by Gasteiger charge is -2.07. The molecule has 0 spiro atoms. The van der Waals surface area contributed by atoms with E-state index in [1.54, 1.807) is 18.2 Å². The third kappa shape index (κ3) is 3.12. The predicted octanol–water partition coefficient (Wildman–Crippen LogP) is 3.24. The molecule has 1 saturated carbocycles. The number of carbonyl (C=O) groups excluding carboxylic acids is 2. The summed E-state index contributed by atoms with van der Waals surface area (Å²) >= 11 is 6.01. The highest BCUT2D eigenvalue weighted by Gasteiger charge is 2.30. The highest BCUT2D eigenvalue weighted by molar-refractivity contribution is 6.31. The number of amides is 2. The maximum Gasteiger partial charge on any atom is 0.302 e. The standard InChI is InChI=1S/C15H14ClN3O3/c1-8-10(16)3-2-4-11(8)17-14(21)12-7-22-15(18-12)19-13(20)9-5-6-9/h2-4,7,9H,5-6H2,1H3,(H,17,21)(H,18,19,20). The third-order valence-corrected chi connectivity index (χ3v) is 3.84. The van der Waals surface area contributed by atoms with Gasteiger partial charge in [-0.2, -0.15) is 4.98 Å². The SMILES string of the molecule is Cc1c(Cl)cccc1NC(=O)c1coc(NC(=O)C2CC2)n1. The van der Waals surface area contributed by atoms with Crippen molar-refractivity contribution in [2.75, 3.05) is 10.6 Å². The summed E-state index contributed by atoms with van der Waals surface area (Å²) in [5, 5.41) is 5.82. The van der Waals surface area contributed by atoms with Gasteiger partial charge < -0.3 is 9.73 Å². The van der Waals surface area contributed by atoms with Crippen LogP contribution in [0, 0.1) is 12.8 Å². The molecule has 0 aliphatic heterocycles. The summed E-state index contributed by atoms with van der Waals surface area (Å²) in [5.41, 5.74) is 1.46. The summed E-state index contributed by atoms with van der Waals surface area (Å²) in [6.07, 6.45) is 2.97. The van der Waals surface area contributed by atoms with E-state index in [4.69, 9.17) is 16.0 Å². The molecule has 2 amide bonds. The normalized spacial score (nSPS) is 13.7. The molecule has 22 heavy (non-hydrogen) atoms. The molecule has 6 nitrogen and oxygen atoms in total. The van der Waals surface area contributed by atoms with Gasteiger partial charge in [0.1, 0.15) is 6.26 Å². The van der Waals surface area contributed by atoms with Crippen LogP contribution in [0.25, 0.3) is 0 Å². The molecular weight excluding hydrogens is 306 g/mol. The van der Waals surface area contributed by atoms with Crippen molar-refractivity contribution in [1.29, 1.82) is 0 Å². The largest absolute Gasteiger partial charge is 0.431 e. The van der Waals surface area contributed by atoms with Crippen LogP contribution < -0.4 is 10.6 Å². The van der Waals surface area contributed by atoms with Gasteiger partial charge in [0.15, 0.2) is 5.69 Å². The maximum absolute atomic E-state index is 12.1. The zero-order valence-corrected chi connectivity index (χ0v) is 12.6. The minimum Gasteiger partial charge on any atom is -0.431 e. The number of nitrogens with one attached hydrogen (secondary N) is 2. The Hall–Kier alpha value is -2.34. The van der Waals surface area contributed by atoms with Crippen LogP contribution in [0.4, 0.5) is 11.7 Å². The Balaban J connectivity index is 1.68. The number of carbonyl (C=O) groups is 2. The van der Waals surface area contributed by atoms with Crippen LogP contribution in [-0.4, -0.2) is 16.8 Å². The third-order valence-electron chi connectivity index (χ3n) is 3.43. The first-order valence-corrected chi connectivity index (χ1v) is 7.25. The summed E-state index contributed by atoms with van der Waals surface area (Å²) < 4.78 is 5.10. The van der Waals surface area contributed by atoms with Crippen molar-refractivity contribution in [1.82, 2.24) is 4.98 Å². The minimum atomic E-state index is -0.430. The smallest absolute Gasteiger partial charge is 0.302 e. The van der Waals surface area contributed by atoms with Crippen molar-refractivity contribution in [3.63, 3.8) is 0 Å². The van der Waals surface area contributed by atoms with Crippen molar-refractivity contribution in [3.05, 3.63) is 40.7 Å². The van der Waals surface area contributed by atoms with Crippen molar-refractivity contribution in [3.8, 4) is 0 Å². The van der Waals surface area contributed by atoms with Gasteiger partial charge in [-0.05, 0) is 37.5 Å². The van der Waals surface area contributed by atoms with E-state index in [0.29, 0.717) is 10.7 Å². The maximum atomic E-state index is 12.1. The van der Waals surface area contributed by atoms with Gasteiger partial charge >= 0.3 is 6.01 Å². The van der Waals surface area contributed by atoms with E-state index >= 15 is 0 Å². The Kier molecular flexibility index (Phi) is 3.85. The molecule has 114 valence electrons. The Morgan fingerprint density at radius 2 is 2.09 bits per heavy atom. The Morgan fingerprint density at radius 1 is 1.32 bits per heavy atom. The fourth-order valence-electron chi connectivity index (χ4n) is 1.92. The van der Waals surface area contributed by atoms with Gasteiger partial charge in [0.2, 0.25) is 5.91 Å². The first-order valence-electron chi connectivity index (χ1n) is 6.87. The molecule has 0 radical (unpaired) electrons. The molecule has 0 saturated heterocycles. The summed E-state index contributed by atoms with van der Waals surface area (Å²) in [4.78, 5) is 27.7.